The molecular formula is C20H14F3N5O2S. The lowest BCUT2D eigenvalue weighted by atomic mass is 10.2. The third-order valence-corrected chi connectivity index (χ3v) is 4.91. The number of hydrogen-bond acceptors (Lipinski definition) is 6. The second-order valence-electron chi connectivity index (χ2n) is 6.24. The van der Waals surface area contributed by atoms with Gasteiger partial charge in [0.15, 0.2) is 11.5 Å². The number of thioether (sulfide) groups is 1. The Balaban J connectivity index is 1.39. The molecule has 0 atom stereocenters. The monoisotopic (exact) mass is 445 g/mol. The first-order chi connectivity index (χ1) is 14.9. The van der Waals surface area contributed by atoms with Gasteiger partial charge in [-0.05, 0) is 36.4 Å². The van der Waals surface area contributed by atoms with Gasteiger partial charge in [0.05, 0.1) is 5.75 Å². The van der Waals surface area contributed by atoms with Crippen molar-refractivity contribution in [2.45, 2.75) is 11.4 Å². The molecule has 0 bridgehead atoms. The van der Waals surface area contributed by atoms with Crippen LogP contribution in [0, 0.1) is 0 Å². The number of rotatable bonds is 6. The van der Waals surface area contributed by atoms with Crippen LogP contribution in [0.4, 0.5) is 18.9 Å². The third-order valence-electron chi connectivity index (χ3n) is 3.99. The van der Waals surface area contributed by atoms with E-state index in [1.807, 2.05) is 30.3 Å². The van der Waals surface area contributed by atoms with Gasteiger partial charge in [-0.2, -0.15) is 9.61 Å². The van der Waals surface area contributed by atoms with Gasteiger partial charge < -0.3 is 10.1 Å². The summed E-state index contributed by atoms with van der Waals surface area (Å²) in [5.74, 6) is -0.0464. The van der Waals surface area contributed by atoms with Crippen LogP contribution < -0.4 is 10.1 Å². The van der Waals surface area contributed by atoms with Crippen LogP contribution in [0.25, 0.3) is 17.0 Å². The summed E-state index contributed by atoms with van der Waals surface area (Å²) in [6.45, 7) is 0. The number of alkyl halides is 3. The molecule has 0 aliphatic carbocycles. The van der Waals surface area contributed by atoms with Gasteiger partial charge in [0.2, 0.25) is 5.91 Å². The number of carbonyl (C=O) groups is 1. The molecule has 0 radical (unpaired) electrons. The maximum absolute atomic E-state index is 12.2. The molecular weight excluding hydrogens is 431 g/mol. The van der Waals surface area contributed by atoms with Gasteiger partial charge >= 0.3 is 6.36 Å². The first kappa shape index (κ1) is 20.7. The fourth-order valence-electron chi connectivity index (χ4n) is 2.69. The van der Waals surface area contributed by atoms with Crippen LogP contribution in [0.2, 0.25) is 0 Å². The average Bonchev–Trinajstić information content (AvgIpc) is 3.16. The second-order valence-corrected chi connectivity index (χ2v) is 7.24. The quantitative estimate of drug-likeness (QED) is 0.443. The van der Waals surface area contributed by atoms with Crippen LogP contribution in [0.1, 0.15) is 0 Å². The van der Waals surface area contributed by atoms with E-state index < -0.39 is 6.36 Å². The summed E-state index contributed by atoms with van der Waals surface area (Å²) in [5, 5.41) is 16.0. The number of carbonyl (C=O) groups excluding carboxylic acids is 1. The van der Waals surface area contributed by atoms with E-state index in [1.54, 1.807) is 16.6 Å². The fourth-order valence-corrected chi connectivity index (χ4v) is 3.35. The molecule has 4 aromatic rings. The highest BCUT2D eigenvalue weighted by Crippen LogP contribution is 2.24. The van der Waals surface area contributed by atoms with Gasteiger partial charge in [0.25, 0.3) is 0 Å². The lowest BCUT2D eigenvalue weighted by Crippen LogP contribution is -2.17. The van der Waals surface area contributed by atoms with E-state index in [4.69, 9.17) is 0 Å². The van der Waals surface area contributed by atoms with E-state index in [0.29, 0.717) is 22.2 Å². The molecule has 31 heavy (non-hydrogen) atoms. The molecule has 1 amide bonds. The van der Waals surface area contributed by atoms with Crippen LogP contribution in [-0.2, 0) is 4.79 Å². The van der Waals surface area contributed by atoms with E-state index in [1.165, 1.54) is 23.9 Å². The molecule has 0 fully saturated rings. The Morgan fingerprint density at radius 1 is 1.00 bits per heavy atom. The number of benzene rings is 2. The van der Waals surface area contributed by atoms with Crippen molar-refractivity contribution in [3.63, 3.8) is 0 Å². The zero-order valence-corrected chi connectivity index (χ0v) is 16.5. The molecule has 0 aliphatic heterocycles. The summed E-state index contributed by atoms with van der Waals surface area (Å²) in [6.07, 6.45) is -4.76. The van der Waals surface area contributed by atoms with Crippen molar-refractivity contribution in [3.05, 3.63) is 66.7 Å². The zero-order valence-electron chi connectivity index (χ0n) is 15.7. The van der Waals surface area contributed by atoms with Gasteiger partial charge in [-0.1, -0.05) is 42.1 Å². The molecule has 7 nitrogen and oxygen atoms in total. The number of aromatic nitrogens is 4. The van der Waals surface area contributed by atoms with Crippen LogP contribution >= 0.6 is 11.8 Å². The summed E-state index contributed by atoms with van der Waals surface area (Å²) in [7, 11) is 0. The molecule has 4 rings (SSSR count). The Labute approximate surface area is 178 Å². The Hall–Kier alpha value is -3.60. The largest absolute Gasteiger partial charge is 0.573 e. The van der Waals surface area contributed by atoms with Gasteiger partial charge in [0.1, 0.15) is 10.8 Å². The van der Waals surface area contributed by atoms with Crippen molar-refractivity contribution in [2.24, 2.45) is 0 Å². The molecule has 0 saturated carbocycles. The second kappa shape index (κ2) is 8.64. The number of halogens is 3. The van der Waals surface area contributed by atoms with Gasteiger partial charge in [-0.3, -0.25) is 4.79 Å². The van der Waals surface area contributed by atoms with Crippen molar-refractivity contribution >= 4 is 29.0 Å². The SMILES string of the molecule is O=C(CSc1ccc2nnc(-c3ccccc3)n2n1)Nc1ccc(OC(F)(F)F)cc1. The molecule has 0 unspecified atom stereocenters. The van der Waals surface area contributed by atoms with Crippen molar-refractivity contribution in [2.75, 3.05) is 11.1 Å². The molecule has 0 aliphatic rings. The van der Waals surface area contributed by atoms with Crippen molar-refractivity contribution in [1.29, 1.82) is 0 Å². The standard InChI is InChI=1S/C20H14F3N5O2S/c21-20(22,23)30-15-8-6-14(7-9-15)24-17(29)12-31-18-11-10-16-25-26-19(28(16)27-18)13-4-2-1-3-5-13/h1-11H,12H2,(H,24,29). The van der Waals surface area contributed by atoms with Crippen molar-refractivity contribution < 1.29 is 22.7 Å². The van der Waals surface area contributed by atoms with Crippen LogP contribution in [-0.4, -0.2) is 37.8 Å². The molecule has 0 saturated heterocycles. The number of anilines is 1. The van der Waals surface area contributed by atoms with Crippen LogP contribution in [0.15, 0.2) is 71.8 Å². The van der Waals surface area contributed by atoms with E-state index in [0.717, 1.165) is 17.7 Å². The third kappa shape index (κ3) is 5.31. The zero-order chi connectivity index (χ0) is 21.8. The fraction of sp³-hybridized carbons (Fsp3) is 0.100. The summed E-state index contributed by atoms with van der Waals surface area (Å²) < 4.78 is 42.0. The minimum atomic E-state index is -4.76. The molecule has 1 N–H and O–H groups in total. The first-order valence-electron chi connectivity index (χ1n) is 8.94. The van der Waals surface area contributed by atoms with Gasteiger partial charge in [0, 0.05) is 11.3 Å². The van der Waals surface area contributed by atoms with Crippen molar-refractivity contribution in [1.82, 2.24) is 19.8 Å². The van der Waals surface area contributed by atoms with Crippen LogP contribution in [0.5, 0.6) is 5.75 Å². The molecule has 2 aromatic heterocycles. The predicted octanol–water partition coefficient (Wildman–Crippen LogP) is 4.42. The van der Waals surface area contributed by atoms with E-state index in [9.17, 15) is 18.0 Å². The lowest BCUT2D eigenvalue weighted by molar-refractivity contribution is -0.274. The number of amides is 1. The average molecular weight is 445 g/mol. The topological polar surface area (TPSA) is 81.4 Å². The molecule has 158 valence electrons. The minimum absolute atomic E-state index is 0.0576. The Bertz CT molecular complexity index is 1200. The highest BCUT2D eigenvalue weighted by molar-refractivity contribution is 7.99. The lowest BCUT2D eigenvalue weighted by Gasteiger charge is -2.10. The van der Waals surface area contributed by atoms with Gasteiger partial charge in [-0.25, -0.2) is 0 Å². The Kier molecular flexibility index (Phi) is 5.76. The van der Waals surface area contributed by atoms with E-state index in [-0.39, 0.29) is 17.4 Å². The Morgan fingerprint density at radius 2 is 1.74 bits per heavy atom. The molecule has 2 aromatic carbocycles. The van der Waals surface area contributed by atoms with E-state index >= 15 is 0 Å². The molecule has 2 heterocycles. The summed E-state index contributed by atoms with van der Waals surface area (Å²) >= 11 is 1.21. The highest BCUT2D eigenvalue weighted by atomic mass is 32.2. The molecule has 11 heteroatoms. The maximum Gasteiger partial charge on any atom is 0.573 e. The number of fused-ring (bicyclic) bond motifs is 1. The summed E-state index contributed by atoms with van der Waals surface area (Å²) in [5.41, 5.74) is 1.79. The normalized spacial score (nSPS) is 11.5. The summed E-state index contributed by atoms with van der Waals surface area (Å²) in [4.78, 5) is 12.2. The smallest absolute Gasteiger partial charge is 0.406 e. The van der Waals surface area contributed by atoms with Gasteiger partial charge in [-0.15, -0.1) is 23.4 Å². The number of nitrogens with zero attached hydrogens (tertiary/aromatic N) is 4. The minimum Gasteiger partial charge on any atom is -0.406 e. The number of nitrogens with one attached hydrogen (secondary N) is 1. The highest BCUT2D eigenvalue weighted by Gasteiger charge is 2.30. The Morgan fingerprint density at radius 3 is 2.45 bits per heavy atom. The van der Waals surface area contributed by atoms with Crippen LogP contribution in [0.3, 0.4) is 0 Å². The number of ether oxygens (including phenoxy) is 1. The van der Waals surface area contributed by atoms with E-state index in [2.05, 4.69) is 25.3 Å². The first-order valence-corrected chi connectivity index (χ1v) is 9.92. The van der Waals surface area contributed by atoms with Crippen molar-refractivity contribution in [3.8, 4) is 17.1 Å². The number of hydrogen-bond donors (Lipinski definition) is 1. The maximum atomic E-state index is 12.2. The molecule has 0 spiro atoms. The summed E-state index contributed by atoms with van der Waals surface area (Å²) in [6, 6.07) is 17.9. The predicted molar refractivity (Wildman–Crippen MR) is 109 cm³/mol.